The van der Waals surface area contributed by atoms with Crippen molar-refractivity contribution in [2.45, 2.75) is 44.2 Å². The molecule has 1 unspecified atom stereocenters. The van der Waals surface area contributed by atoms with Gasteiger partial charge in [0, 0.05) is 0 Å². The van der Waals surface area contributed by atoms with Gasteiger partial charge in [0.2, 0.25) is 0 Å². The van der Waals surface area contributed by atoms with Crippen LogP contribution in [0.5, 0.6) is 0 Å². The third-order valence-corrected chi connectivity index (χ3v) is 9.24. The summed E-state index contributed by atoms with van der Waals surface area (Å²) in [6, 6.07) is 18.6. The van der Waals surface area contributed by atoms with Crippen LogP contribution in [-0.4, -0.2) is 0 Å². The van der Waals surface area contributed by atoms with Crippen LogP contribution >= 0.6 is 0 Å². The Balaban J connectivity index is 0.00000136. The summed E-state index contributed by atoms with van der Waals surface area (Å²) in [6.45, 7) is 9.31. The Kier molecular flexibility index (Phi) is 7.42. The molecular formula is C28H28Cl2Zr. The summed E-state index contributed by atoms with van der Waals surface area (Å²) < 4.78 is 3.03. The van der Waals surface area contributed by atoms with Gasteiger partial charge in [-0.05, 0) is 0 Å². The molecule has 0 fully saturated rings. The predicted octanol–water partition coefficient (Wildman–Crippen LogP) is 1.19. The molecule has 0 saturated heterocycles. The molecule has 3 heteroatoms. The molecular weight excluding hydrogens is 498 g/mol. The van der Waals surface area contributed by atoms with Crippen LogP contribution in [0.3, 0.4) is 0 Å². The minimum absolute atomic E-state index is 0. The average Bonchev–Trinajstić information content (AvgIpc) is 3.32. The molecule has 0 aliphatic heterocycles. The summed E-state index contributed by atoms with van der Waals surface area (Å²) in [5.41, 5.74) is 9.15. The van der Waals surface area contributed by atoms with Crippen LogP contribution in [0, 0.1) is 5.41 Å². The largest absolute Gasteiger partial charge is 1.00 e. The molecule has 2 aliphatic carbocycles. The van der Waals surface area contributed by atoms with Crippen LogP contribution in [0.1, 0.15) is 50.3 Å². The van der Waals surface area contributed by atoms with E-state index in [9.17, 15) is 0 Å². The first-order valence-electron chi connectivity index (χ1n) is 10.8. The van der Waals surface area contributed by atoms with Crippen molar-refractivity contribution in [2.75, 3.05) is 0 Å². The molecule has 0 saturated carbocycles. The maximum Gasteiger partial charge on any atom is -1.00 e. The third-order valence-electron chi connectivity index (χ3n) is 6.41. The van der Waals surface area contributed by atoms with Gasteiger partial charge in [0.15, 0.2) is 0 Å². The smallest absolute Gasteiger partial charge is 1.00 e. The molecule has 0 spiro atoms. The van der Waals surface area contributed by atoms with E-state index >= 15 is 0 Å². The van der Waals surface area contributed by atoms with Crippen molar-refractivity contribution < 1.29 is 48.0 Å². The van der Waals surface area contributed by atoms with E-state index < -0.39 is 23.2 Å². The second-order valence-electron chi connectivity index (χ2n) is 9.34. The summed E-state index contributed by atoms with van der Waals surface area (Å²) in [5, 5.41) is 3.08. The SMILES string of the molecule is C[CH2][Zr+2][c]1cccc2c(C3C=CC(C(C)(C)C)=C3)cc3c(c12)Cc1ccccc1-3.[Cl-].[Cl-]. The summed E-state index contributed by atoms with van der Waals surface area (Å²) in [6.07, 6.45) is 8.35. The number of benzene rings is 3. The molecule has 0 aromatic heterocycles. The van der Waals surface area contributed by atoms with E-state index in [0.29, 0.717) is 5.92 Å². The molecule has 3 aromatic carbocycles. The molecule has 0 radical (unpaired) electrons. The molecule has 0 heterocycles. The van der Waals surface area contributed by atoms with Gasteiger partial charge in [0.25, 0.3) is 0 Å². The second kappa shape index (κ2) is 9.39. The van der Waals surface area contributed by atoms with Gasteiger partial charge < -0.3 is 24.8 Å². The van der Waals surface area contributed by atoms with Crippen molar-refractivity contribution in [3.63, 3.8) is 0 Å². The van der Waals surface area contributed by atoms with Crippen LogP contribution in [0.25, 0.3) is 21.9 Å². The first-order valence-corrected chi connectivity index (χ1v) is 13.7. The van der Waals surface area contributed by atoms with Crippen molar-refractivity contribution in [3.05, 3.63) is 89.0 Å². The van der Waals surface area contributed by atoms with Crippen LogP contribution < -0.4 is 28.1 Å². The minimum atomic E-state index is -0.539. The standard InChI is InChI=1S/C26H23.C2H5.2ClH.Zr/c1-26(2,3)19-13-12-18(14-19)23-16-25-20-9-5-4-8-17(20)15-24(25)22-11-7-6-10-21(22)23;1-2;;;/h4-10,12-14,16,18H,15H2,1-3H3;1H2,2H3;2*1H;/q;;;;+2/p-2. The fraction of sp³-hybridized carbons (Fsp3) is 0.286. The van der Waals surface area contributed by atoms with E-state index in [1.165, 1.54) is 37.3 Å². The van der Waals surface area contributed by atoms with E-state index in [-0.39, 0.29) is 30.2 Å². The van der Waals surface area contributed by atoms with Gasteiger partial charge in [0.1, 0.15) is 0 Å². The van der Waals surface area contributed by atoms with Crippen molar-refractivity contribution in [2.24, 2.45) is 5.41 Å². The quantitative estimate of drug-likeness (QED) is 0.377. The van der Waals surface area contributed by atoms with Crippen molar-refractivity contribution in [1.82, 2.24) is 0 Å². The first kappa shape index (κ1) is 24.5. The molecule has 0 N–H and O–H groups in total. The number of hydrogen-bond donors (Lipinski definition) is 0. The predicted molar refractivity (Wildman–Crippen MR) is 122 cm³/mol. The fourth-order valence-corrected chi connectivity index (χ4v) is 7.54. The molecule has 2 aliphatic rings. The molecule has 5 rings (SSSR count). The Morgan fingerprint density at radius 3 is 2.45 bits per heavy atom. The molecule has 31 heavy (non-hydrogen) atoms. The molecule has 0 bridgehead atoms. The maximum atomic E-state index is 2.52. The summed E-state index contributed by atoms with van der Waals surface area (Å²) in [5.74, 6) is 0.382. The Morgan fingerprint density at radius 1 is 0.968 bits per heavy atom. The van der Waals surface area contributed by atoms with E-state index in [1.807, 2.05) is 0 Å². The van der Waals surface area contributed by atoms with E-state index in [0.717, 1.165) is 6.42 Å². The number of halogens is 2. The Morgan fingerprint density at radius 2 is 1.74 bits per heavy atom. The normalized spacial score (nSPS) is 16.1. The number of hydrogen-bond acceptors (Lipinski definition) is 0. The zero-order valence-corrected chi connectivity index (χ0v) is 22.6. The first-order chi connectivity index (χ1) is 14.0. The molecule has 0 nitrogen and oxygen atoms in total. The van der Waals surface area contributed by atoms with Gasteiger partial charge in [0.05, 0.1) is 0 Å². The third kappa shape index (κ3) is 4.27. The summed E-state index contributed by atoms with van der Waals surface area (Å²) in [4.78, 5) is 0. The Bertz CT molecular complexity index is 1180. The summed E-state index contributed by atoms with van der Waals surface area (Å²) >= 11 is -0.539. The monoisotopic (exact) mass is 524 g/mol. The molecule has 158 valence electrons. The number of fused-ring (bicyclic) bond motifs is 5. The second-order valence-corrected chi connectivity index (χ2v) is 13.3. The molecule has 3 aromatic rings. The molecule has 1 atom stereocenters. The van der Waals surface area contributed by atoms with Crippen molar-refractivity contribution in [1.29, 1.82) is 0 Å². The van der Waals surface area contributed by atoms with Gasteiger partial charge in [-0.15, -0.1) is 0 Å². The van der Waals surface area contributed by atoms with Crippen LogP contribution in [0.4, 0.5) is 0 Å². The van der Waals surface area contributed by atoms with Gasteiger partial charge in [-0.1, -0.05) is 0 Å². The van der Waals surface area contributed by atoms with E-state index in [1.54, 1.807) is 14.2 Å². The van der Waals surface area contributed by atoms with Gasteiger partial charge in [-0.2, -0.15) is 0 Å². The topological polar surface area (TPSA) is 0 Å². The fourth-order valence-electron chi connectivity index (χ4n) is 4.94. The zero-order valence-electron chi connectivity index (χ0n) is 18.6. The number of rotatable bonds is 3. The minimum Gasteiger partial charge on any atom is -1.00 e. The van der Waals surface area contributed by atoms with Gasteiger partial charge in [-0.25, -0.2) is 0 Å². The van der Waals surface area contributed by atoms with Gasteiger partial charge >= 0.3 is 187 Å². The van der Waals surface area contributed by atoms with Gasteiger partial charge in [-0.3, -0.25) is 0 Å². The van der Waals surface area contributed by atoms with Crippen molar-refractivity contribution in [3.8, 4) is 11.1 Å². The van der Waals surface area contributed by atoms with Crippen LogP contribution in [-0.2, 0) is 29.7 Å². The van der Waals surface area contributed by atoms with E-state index in [4.69, 9.17) is 0 Å². The van der Waals surface area contributed by atoms with E-state index in [2.05, 4.69) is 94.5 Å². The number of allylic oxidation sites excluding steroid dienone is 4. The zero-order chi connectivity index (χ0) is 20.2. The van der Waals surface area contributed by atoms with Crippen molar-refractivity contribution >= 4 is 14.0 Å². The van der Waals surface area contributed by atoms with Crippen LogP contribution in [0.2, 0.25) is 4.13 Å². The summed E-state index contributed by atoms with van der Waals surface area (Å²) in [7, 11) is 0. The Hall–Kier alpha value is -1.14. The molecule has 0 amide bonds. The van der Waals surface area contributed by atoms with Crippen LogP contribution in [0.15, 0.2) is 72.3 Å². The Labute approximate surface area is 210 Å². The maximum absolute atomic E-state index is 2.52. The average molecular weight is 527 g/mol.